The third kappa shape index (κ3) is 2.65. The molecule has 0 radical (unpaired) electrons. The van der Waals surface area contributed by atoms with Crippen molar-refractivity contribution < 1.29 is 9.53 Å². The number of carbonyl (C=O) groups excluding carboxylic acids is 1. The van der Waals surface area contributed by atoms with E-state index in [-0.39, 0.29) is 5.91 Å². The van der Waals surface area contributed by atoms with E-state index < -0.39 is 0 Å². The second kappa shape index (κ2) is 5.89. The van der Waals surface area contributed by atoms with Crippen LogP contribution in [0, 0.1) is 6.92 Å². The molecule has 0 saturated heterocycles. The van der Waals surface area contributed by atoms with Gasteiger partial charge in [-0.2, -0.15) is 0 Å². The summed E-state index contributed by atoms with van der Waals surface area (Å²) in [5, 5.41) is 3.94. The molecular weight excluding hydrogens is 278 g/mol. The van der Waals surface area contributed by atoms with Crippen LogP contribution in [0.4, 0.5) is 0 Å². The molecular formula is C17H17N3O2. The molecule has 112 valence electrons. The molecule has 0 aliphatic rings. The highest BCUT2D eigenvalue weighted by Crippen LogP contribution is 2.25. The third-order valence-corrected chi connectivity index (χ3v) is 3.69. The van der Waals surface area contributed by atoms with Crippen molar-refractivity contribution in [2.24, 2.45) is 0 Å². The number of nitrogens with zero attached hydrogens (tertiary/aromatic N) is 1. The van der Waals surface area contributed by atoms with Gasteiger partial charge in [0.1, 0.15) is 11.4 Å². The number of methoxy groups -OCH3 is 1. The maximum Gasteiger partial charge on any atom is 0.268 e. The van der Waals surface area contributed by atoms with Crippen LogP contribution in [-0.4, -0.2) is 23.0 Å². The molecule has 0 aliphatic heterocycles. The number of H-pyrrole nitrogens is 1. The van der Waals surface area contributed by atoms with E-state index in [0.29, 0.717) is 12.2 Å². The highest BCUT2D eigenvalue weighted by molar-refractivity contribution is 6.01. The fourth-order valence-electron chi connectivity index (χ4n) is 2.44. The molecule has 5 heteroatoms. The van der Waals surface area contributed by atoms with E-state index in [4.69, 9.17) is 4.74 Å². The summed E-state index contributed by atoms with van der Waals surface area (Å²) in [5.74, 6) is 0.641. The van der Waals surface area contributed by atoms with Crippen molar-refractivity contribution in [2.75, 3.05) is 7.11 Å². The van der Waals surface area contributed by atoms with Gasteiger partial charge in [0.2, 0.25) is 0 Å². The smallest absolute Gasteiger partial charge is 0.268 e. The summed E-state index contributed by atoms with van der Waals surface area (Å²) in [7, 11) is 1.62. The lowest BCUT2D eigenvalue weighted by Crippen LogP contribution is -2.23. The quantitative estimate of drug-likeness (QED) is 0.777. The number of rotatable bonds is 4. The lowest BCUT2D eigenvalue weighted by molar-refractivity contribution is 0.0946. The van der Waals surface area contributed by atoms with E-state index >= 15 is 0 Å². The molecule has 1 amide bonds. The van der Waals surface area contributed by atoms with Gasteiger partial charge in [-0.25, -0.2) is 0 Å². The molecule has 0 atom stereocenters. The fourth-order valence-corrected chi connectivity index (χ4v) is 2.44. The van der Waals surface area contributed by atoms with Crippen LogP contribution < -0.4 is 10.1 Å². The molecule has 3 rings (SSSR count). The highest BCUT2D eigenvalue weighted by atomic mass is 16.5. The number of amides is 1. The SMILES string of the molecule is COc1ccc2c(C)c(C(=O)NCc3ccncc3)[nH]c2c1. The average Bonchev–Trinajstić information content (AvgIpc) is 2.90. The van der Waals surface area contributed by atoms with Gasteiger partial charge in [-0.15, -0.1) is 0 Å². The Morgan fingerprint density at radius 2 is 2.05 bits per heavy atom. The summed E-state index contributed by atoms with van der Waals surface area (Å²) in [6.07, 6.45) is 3.42. The highest BCUT2D eigenvalue weighted by Gasteiger charge is 2.14. The van der Waals surface area contributed by atoms with Crippen molar-refractivity contribution in [3.63, 3.8) is 0 Å². The molecule has 0 unspecified atom stereocenters. The topological polar surface area (TPSA) is 67.0 Å². The zero-order chi connectivity index (χ0) is 15.5. The predicted molar refractivity (Wildman–Crippen MR) is 85.0 cm³/mol. The molecule has 2 N–H and O–H groups in total. The van der Waals surface area contributed by atoms with E-state index in [1.165, 1.54) is 0 Å². The van der Waals surface area contributed by atoms with Crippen molar-refractivity contribution in [3.8, 4) is 5.75 Å². The second-order valence-electron chi connectivity index (χ2n) is 5.07. The number of ether oxygens (including phenoxy) is 1. The first-order valence-corrected chi connectivity index (χ1v) is 7.02. The first-order valence-electron chi connectivity index (χ1n) is 7.02. The first kappa shape index (κ1) is 14.1. The number of carbonyl (C=O) groups is 1. The van der Waals surface area contributed by atoms with E-state index in [2.05, 4.69) is 15.3 Å². The van der Waals surface area contributed by atoms with Gasteiger partial charge in [-0.05, 0) is 42.3 Å². The molecule has 1 aromatic carbocycles. The van der Waals surface area contributed by atoms with Crippen molar-refractivity contribution in [1.82, 2.24) is 15.3 Å². The Labute approximate surface area is 128 Å². The summed E-state index contributed by atoms with van der Waals surface area (Å²) in [6, 6.07) is 9.50. The minimum Gasteiger partial charge on any atom is -0.497 e. The number of pyridine rings is 1. The second-order valence-corrected chi connectivity index (χ2v) is 5.07. The first-order chi connectivity index (χ1) is 10.7. The van der Waals surface area contributed by atoms with Crippen LogP contribution in [0.25, 0.3) is 10.9 Å². The molecule has 5 nitrogen and oxygen atoms in total. The van der Waals surface area contributed by atoms with Gasteiger partial charge in [0.05, 0.1) is 7.11 Å². The number of aromatic amines is 1. The van der Waals surface area contributed by atoms with Gasteiger partial charge in [-0.1, -0.05) is 0 Å². The number of fused-ring (bicyclic) bond motifs is 1. The largest absolute Gasteiger partial charge is 0.497 e. The summed E-state index contributed by atoms with van der Waals surface area (Å²) in [6.45, 7) is 2.41. The minimum atomic E-state index is -0.121. The Balaban J connectivity index is 1.83. The molecule has 0 spiro atoms. The van der Waals surface area contributed by atoms with Gasteiger partial charge in [0.15, 0.2) is 0 Å². The Morgan fingerprint density at radius 1 is 1.27 bits per heavy atom. The van der Waals surface area contributed by atoms with Crippen LogP contribution in [0.2, 0.25) is 0 Å². The standard InChI is InChI=1S/C17H17N3O2/c1-11-14-4-3-13(22-2)9-15(14)20-16(11)17(21)19-10-12-5-7-18-8-6-12/h3-9,20H,10H2,1-2H3,(H,19,21). The molecule has 3 aromatic rings. The van der Waals surface area contributed by atoms with Crippen molar-refractivity contribution >= 4 is 16.8 Å². The van der Waals surface area contributed by atoms with E-state index in [9.17, 15) is 4.79 Å². The number of benzene rings is 1. The van der Waals surface area contributed by atoms with E-state index in [0.717, 1.165) is 27.8 Å². The summed E-state index contributed by atoms with van der Waals surface area (Å²) < 4.78 is 5.21. The summed E-state index contributed by atoms with van der Waals surface area (Å²) >= 11 is 0. The molecule has 0 fully saturated rings. The predicted octanol–water partition coefficient (Wildman–Crippen LogP) is 2.81. The maximum atomic E-state index is 12.4. The summed E-state index contributed by atoms with van der Waals surface area (Å²) in [5.41, 5.74) is 3.42. The van der Waals surface area contributed by atoms with Crippen molar-refractivity contribution in [2.45, 2.75) is 13.5 Å². The van der Waals surface area contributed by atoms with Gasteiger partial charge in [0, 0.05) is 35.9 Å². The zero-order valence-electron chi connectivity index (χ0n) is 12.5. The fraction of sp³-hybridized carbons (Fsp3) is 0.176. The average molecular weight is 295 g/mol. The normalized spacial score (nSPS) is 10.6. The van der Waals surface area contributed by atoms with Crippen molar-refractivity contribution in [1.29, 1.82) is 0 Å². The third-order valence-electron chi connectivity index (χ3n) is 3.69. The molecule has 2 heterocycles. The van der Waals surface area contributed by atoms with E-state index in [1.807, 2.05) is 37.3 Å². The van der Waals surface area contributed by atoms with Gasteiger partial charge in [-0.3, -0.25) is 9.78 Å². The van der Waals surface area contributed by atoms with Crippen LogP contribution in [0.3, 0.4) is 0 Å². The van der Waals surface area contributed by atoms with Crippen LogP contribution >= 0.6 is 0 Å². The lowest BCUT2D eigenvalue weighted by atomic mass is 10.1. The van der Waals surface area contributed by atoms with Crippen LogP contribution in [0.5, 0.6) is 5.75 Å². The van der Waals surface area contributed by atoms with E-state index in [1.54, 1.807) is 19.5 Å². The maximum absolute atomic E-state index is 12.4. The molecule has 2 aromatic heterocycles. The molecule has 0 aliphatic carbocycles. The summed E-state index contributed by atoms with van der Waals surface area (Å²) in [4.78, 5) is 19.5. The number of aryl methyl sites for hydroxylation is 1. The Kier molecular flexibility index (Phi) is 3.78. The number of nitrogens with one attached hydrogen (secondary N) is 2. The Bertz CT molecular complexity index is 809. The van der Waals surface area contributed by atoms with Crippen LogP contribution in [-0.2, 0) is 6.54 Å². The molecule has 0 saturated carbocycles. The minimum absolute atomic E-state index is 0.121. The molecule has 0 bridgehead atoms. The Morgan fingerprint density at radius 3 is 2.77 bits per heavy atom. The lowest BCUT2D eigenvalue weighted by Gasteiger charge is -2.04. The number of hydrogen-bond acceptors (Lipinski definition) is 3. The van der Waals surface area contributed by atoms with Gasteiger partial charge >= 0.3 is 0 Å². The molecule has 22 heavy (non-hydrogen) atoms. The van der Waals surface area contributed by atoms with Crippen molar-refractivity contribution in [3.05, 3.63) is 59.5 Å². The Hall–Kier alpha value is -2.82. The number of hydrogen-bond donors (Lipinski definition) is 2. The van der Waals surface area contributed by atoms with Crippen LogP contribution in [0.15, 0.2) is 42.7 Å². The zero-order valence-corrected chi connectivity index (χ0v) is 12.5. The van der Waals surface area contributed by atoms with Crippen LogP contribution in [0.1, 0.15) is 21.6 Å². The van der Waals surface area contributed by atoms with Gasteiger partial charge < -0.3 is 15.0 Å². The van der Waals surface area contributed by atoms with Gasteiger partial charge in [0.25, 0.3) is 5.91 Å². The monoisotopic (exact) mass is 295 g/mol. The number of aromatic nitrogens is 2.